The van der Waals surface area contributed by atoms with Gasteiger partial charge in [0.1, 0.15) is 5.65 Å². The van der Waals surface area contributed by atoms with Crippen LogP contribution in [-0.2, 0) is 10.0 Å². The van der Waals surface area contributed by atoms with Crippen molar-refractivity contribution < 1.29 is 8.42 Å². The van der Waals surface area contributed by atoms with Crippen LogP contribution in [0.3, 0.4) is 0 Å². The van der Waals surface area contributed by atoms with Crippen LogP contribution in [0.25, 0.3) is 11.2 Å². The van der Waals surface area contributed by atoms with Gasteiger partial charge in [0, 0.05) is 31.1 Å². The number of aromatic nitrogens is 2. The normalized spacial score (nSPS) is 16.6. The van der Waals surface area contributed by atoms with Crippen molar-refractivity contribution in [3.63, 3.8) is 0 Å². The van der Waals surface area contributed by atoms with E-state index in [0.717, 1.165) is 24.1 Å². The molecule has 3 heterocycles. The summed E-state index contributed by atoms with van der Waals surface area (Å²) in [6, 6.07) is 3.96. The minimum Gasteiger partial charge on any atom is -0.306 e. The monoisotopic (exact) mass is 343 g/mol. The number of pyridine rings is 1. The number of imidazole rings is 1. The van der Waals surface area contributed by atoms with E-state index in [1.54, 1.807) is 12.2 Å². The first-order chi connectivity index (χ1) is 11.4. The van der Waals surface area contributed by atoms with E-state index in [0.29, 0.717) is 24.4 Å². The van der Waals surface area contributed by atoms with E-state index in [2.05, 4.69) is 18.1 Å². The van der Waals surface area contributed by atoms with E-state index in [4.69, 9.17) is 0 Å². The lowest BCUT2D eigenvalue weighted by atomic mass is 10.2. The van der Waals surface area contributed by atoms with Gasteiger partial charge in [-0.3, -0.25) is 0 Å². The molecule has 0 bridgehead atoms. The van der Waals surface area contributed by atoms with E-state index < -0.39 is 10.0 Å². The average molecular weight is 343 g/mol. The molecule has 24 heavy (non-hydrogen) atoms. The Bertz CT molecular complexity index is 932. The highest BCUT2D eigenvalue weighted by Crippen LogP contribution is 2.24. The molecule has 126 valence electrons. The lowest BCUT2D eigenvalue weighted by molar-refractivity contribution is 0.484. The molecule has 5 nitrogen and oxygen atoms in total. The summed E-state index contributed by atoms with van der Waals surface area (Å²) in [7, 11) is -3.51. The van der Waals surface area contributed by atoms with Crippen LogP contribution in [0.5, 0.6) is 0 Å². The molecule has 0 aliphatic carbocycles. The Morgan fingerprint density at radius 1 is 1.33 bits per heavy atom. The van der Waals surface area contributed by atoms with Gasteiger partial charge in [0.25, 0.3) is 0 Å². The smallest absolute Gasteiger partial charge is 0.242 e. The number of allylic oxidation sites excluding steroid dienone is 3. The highest BCUT2D eigenvalue weighted by Gasteiger charge is 2.27. The molecule has 1 aliphatic heterocycles. The number of hydrogen-bond acceptors (Lipinski definition) is 3. The second-order valence-electron chi connectivity index (χ2n) is 5.98. The molecule has 0 aromatic carbocycles. The van der Waals surface area contributed by atoms with E-state index in [9.17, 15) is 8.42 Å². The minimum absolute atomic E-state index is 0.0764. The molecular weight excluding hydrogens is 322 g/mol. The van der Waals surface area contributed by atoms with Crippen LogP contribution >= 0.6 is 0 Å². The molecule has 2 aromatic rings. The zero-order valence-electron chi connectivity index (χ0n) is 13.8. The fraction of sp³-hybridized carbons (Fsp3) is 0.278. The van der Waals surface area contributed by atoms with Gasteiger partial charge >= 0.3 is 0 Å². The Kier molecular flexibility index (Phi) is 4.43. The predicted molar refractivity (Wildman–Crippen MR) is 97.0 cm³/mol. The average Bonchev–Trinajstić information content (AvgIpc) is 3.21. The van der Waals surface area contributed by atoms with E-state index >= 15 is 0 Å². The molecule has 6 heteroatoms. The number of nitrogens with zero attached hydrogens (tertiary/aromatic N) is 3. The highest BCUT2D eigenvalue weighted by atomic mass is 32.2. The standard InChI is InChI=1S/C18H21N3O2S/c1-4-16(12-15(3)24(22,23)21-8-5-6-9-21)17-13-20-10-7-14(2)11-18(20)19-17/h4,7,10-13H,1,3,5-6,8-9H2,2H3/b16-12+. The molecule has 0 saturated carbocycles. The number of sulfonamides is 1. The van der Waals surface area contributed by atoms with Crippen molar-refractivity contribution >= 4 is 21.2 Å². The van der Waals surface area contributed by atoms with Crippen LogP contribution in [0.15, 0.2) is 54.7 Å². The van der Waals surface area contributed by atoms with Gasteiger partial charge in [0.2, 0.25) is 10.0 Å². The van der Waals surface area contributed by atoms with Crippen molar-refractivity contribution in [3.05, 3.63) is 66.0 Å². The van der Waals surface area contributed by atoms with Gasteiger partial charge in [0.15, 0.2) is 0 Å². The number of aryl methyl sites for hydroxylation is 1. The maximum atomic E-state index is 12.6. The maximum absolute atomic E-state index is 12.6. The van der Waals surface area contributed by atoms with Gasteiger partial charge in [-0.2, -0.15) is 4.31 Å². The number of fused-ring (bicyclic) bond motifs is 1. The third-order valence-electron chi connectivity index (χ3n) is 4.18. The molecular formula is C18H21N3O2S. The SMILES string of the molecule is C=C/C(=C\C(=C)S(=O)(=O)N1CCCC1)c1cn2ccc(C)cc2n1. The molecule has 0 unspecified atom stereocenters. The molecule has 1 saturated heterocycles. The van der Waals surface area contributed by atoms with Gasteiger partial charge < -0.3 is 4.40 Å². The Balaban J connectivity index is 1.95. The Labute approximate surface area is 142 Å². The predicted octanol–water partition coefficient (Wildman–Crippen LogP) is 3.15. The summed E-state index contributed by atoms with van der Waals surface area (Å²) in [5.74, 6) is 0. The quantitative estimate of drug-likeness (QED) is 0.784. The van der Waals surface area contributed by atoms with Crippen LogP contribution in [0.4, 0.5) is 0 Å². The van der Waals surface area contributed by atoms with Crippen molar-refractivity contribution in [2.45, 2.75) is 19.8 Å². The van der Waals surface area contributed by atoms with Crippen LogP contribution in [-0.4, -0.2) is 35.2 Å². The van der Waals surface area contributed by atoms with Crippen molar-refractivity contribution in [3.8, 4) is 0 Å². The second-order valence-corrected chi connectivity index (χ2v) is 7.97. The van der Waals surface area contributed by atoms with Gasteiger partial charge in [-0.05, 0) is 43.5 Å². The molecule has 3 rings (SSSR count). The van der Waals surface area contributed by atoms with E-state index in [1.165, 1.54) is 4.31 Å². The summed E-state index contributed by atoms with van der Waals surface area (Å²) < 4.78 is 28.5. The van der Waals surface area contributed by atoms with Crippen LogP contribution in [0.2, 0.25) is 0 Å². The lowest BCUT2D eigenvalue weighted by Crippen LogP contribution is -2.28. The summed E-state index contributed by atoms with van der Waals surface area (Å²) in [6.45, 7) is 10.7. The van der Waals surface area contributed by atoms with Crippen molar-refractivity contribution in [2.24, 2.45) is 0 Å². The molecule has 0 spiro atoms. The molecule has 1 aliphatic rings. The second kappa shape index (κ2) is 6.37. The third kappa shape index (κ3) is 3.07. The Morgan fingerprint density at radius 2 is 2.04 bits per heavy atom. The number of rotatable bonds is 5. The number of hydrogen-bond donors (Lipinski definition) is 0. The van der Waals surface area contributed by atoms with Gasteiger partial charge in [-0.15, -0.1) is 0 Å². The van der Waals surface area contributed by atoms with Gasteiger partial charge in [-0.25, -0.2) is 13.4 Å². The third-order valence-corrected chi connectivity index (χ3v) is 6.01. The van der Waals surface area contributed by atoms with Crippen LogP contribution < -0.4 is 0 Å². The fourth-order valence-electron chi connectivity index (χ4n) is 2.80. The van der Waals surface area contributed by atoms with Gasteiger partial charge in [0.05, 0.1) is 10.6 Å². The zero-order chi connectivity index (χ0) is 17.3. The molecule has 0 N–H and O–H groups in total. The zero-order valence-corrected chi connectivity index (χ0v) is 14.6. The van der Waals surface area contributed by atoms with Crippen LogP contribution in [0, 0.1) is 6.92 Å². The molecule has 1 fully saturated rings. The molecule has 2 aromatic heterocycles. The maximum Gasteiger partial charge on any atom is 0.242 e. The van der Waals surface area contributed by atoms with E-state index in [-0.39, 0.29) is 4.91 Å². The van der Waals surface area contributed by atoms with Crippen molar-refractivity contribution in [1.82, 2.24) is 13.7 Å². The van der Waals surface area contributed by atoms with Crippen molar-refractivity contribution in [1.29, 1.82) is 0 Å². The minimum atomic E-state index is -3.51. The summed E-state index contributed by atoms with van der Waals surface area (Å²) in [6.07, 6.45) is 8.75. The summed E-state index contributed by atoms with van der Waals surface area (Å²) in [4.78, 5) is 4.63. The fourth-order valence-corrected chi connectivity index (χ4v) is 4.15. The Morgan fingerprint density at radius 3 is 2.71 bits per heavy atom. The topological polar surface area (TPSA) is 54.7 Å². The van der Waals surface area contributed by atoms with Crippen LogP contribution in [0.1, 0.15) is 24.1 Å². The first-order valence-electron chi connectivity index (χ1n) is 7.91. The molecule has 0 amide bonds. The van der Waals surface area contributed by atoms with E-state index in [1.807, 2.05) is 35.9 Å². The molecule has 0 atom stereocenters. The summed E-state index contributed by atoms with van der Waals surface area (Å²) in [5.41, 5.74) is 3.24. The first-order valence-corrected chi connectivity index (χ1v) is 9.35. The highest BCUT2D eigenvalue weighted by molar-refractivity contribution is 7.93. The molecule has 0 radical (unpaired) electrons. The van der Waals surface area contributed by atoms with Crippen molar-refractivity contribution in [2.75, 3.05) is 13.1 Å². The summed E-state index contributed by atoms with van der Waals surface area (Å²) in [5, 5.41) is 0. The van der Waals surface area contributed by atoms with Gasteiger partial charge in [-0.1, -0.05) is 19.2 Å². The summed E-state index contributed by atoms with van der Waals surface area (Å²) >= 11 is 0. The lowest BCUT2D eigenvalue weighted by Gasteiger charge is -2.15. The Hall–Kier alpha value is -2.18. The first kappa shape index (κ1) is 16.7. The largest absolute Gasteiger partial charge is 0.306 e.